The Morgan fingerprint density at radius 2 is 1.78 bits per heavy atom. The molecule has 1 heterocycles. The van der Waals surface area contributed by atoms with Crippen LogP contribution in [0, 0.1) is 0 Å². The average Bonchev–Trinajstić information content (AvgIpc) is 2.72. The molecule has 3 heteroatoms. The second kappa shape index (κ2) is 6.27. The summed E-state index contributed by atoms with van der Waals surface area (Å²) in [6.07, 6.45) is 2.44. The molecule has 0 radical (unpaired) electrons. The topological polar surface area (TPSA) is 38.3 Å². The normalized spacial score (nSPS) is 18.7. The minimum atomic E-state index is -0.105. The number of ketones is 1. The Morgan fingerprint density at radius 3 is 2.67 bits per heavy atom. The van der Waals surface area contributed by atoms with Crippen LogP contribution in [0.2, 0.25) is 0 Å². The van der Waals surface area contributed by atoms with Gasteiger partial charge in [0.1, 0.15) is 5.75 Å². The van der Waals surface area contributed by atoms with Crippen molar-refractivity contribution in [1.29, 1.82) is 0 Å². The highest BCUT2D eigenvalue weighted by Crippen LogP contribution is 2.49. The first-order valence-corrected chi connectivity index (χ1v) is 9.46. The van der Waals surface area contributed by atoms with E-state index in [0.29, 0.717) is 6.42 Å². The van der Waals surface area contributed by atoms with Gasteiger partial charge in [0.25, 0.3) is 0 Å². The molecule has 3 aromatic rings. The lowest BCUT2D eigenvalue weighted by atomic mass is 9.74. The van der Waals surface area contributed by atoms with Gasteiger partial charge in [-0.15, -0.1) is 0 Å². The van der Waals surface area contributed by atoms with Crippen LogP contribution in [-0.2, 0) is 4.79 Å². The lowest BCUT2D eigenvalue weighted by molar-refractivity contribution is -0.116. The van der Waals surface area contributed by atoms with Gasteiger partial charge in [0, 0.05) is 34.9 Å². The number of allylic oxidation sites excluding steroid dienone is 2. The third-order valence-corrected chi connectivity index (χ3v) is 5.74. The van der Waals surface area contributed by atoms with Crippen LogP contribution >= 0.6 is 0 Å². The smallest absolute Gasteiger partial charge is 0.161 e. The van der Waals surface area contributed by atoms with E-state index in [1.165, 1.54) is 16.3 Å². The number of para-hydroxylation sites is 1. The second-order valence-corrected chi connectivity index (χ2v) is 7.22. The van der Waals surface area contributed by atoms with E-state index in [4.69, 9.17) is 4.74 Å². The fourth-order valence-electron chi connectivity index (χ4n) is 4.57. The quantitative estimate of drug-likeness (QED) is 0.668. The Labute approximate surface area is 158 Å². The first-order valence-electron chi connectivity index (χ1n) is 9.46. The van der Waals surface area contributed by atoms with Gasteiger partial charge in [-0.25, -0.2) is 0 Å². The number of nitrogens with one attached hydrogen (secondary N) is 1. The van der Waals surface area contributed by atoms with E-state index < -0.39 is 0 Å². The van der Waals surface area contributed by atoms with E-state index >= 15 is 0 Å². The predicted molar refractivity (Wildman–Crippen MR) is 108 cm³/mol. The first-order chi connectivity index (χ1) is 13.3. The van der Waals surface area contributed by atoms with Crippen LogP contribution in [0.5, 0.6) is 5.75 Å². The van der Waals surface area contributed by atoms with Gasteiger partial charge in [-0.3, -0.25) is 4.79 Å². The molecule has 3 nitrogen and oxygen atoms in total. The second-order valence-electron chi connectivity index (χ2n) is 7.22. The van der Waals surface area contributed by atoms with Crippen molar-refractivity contribution >= 4 is 22.2 Å². The SMILES string of the molecule is COc1ccccc1[C@@H]1C2=C(CCCC2=O)Nc2ccc3ccccc3c21. The Morgan fingerprint density at radius 1 is 0.963 bits per heavy atom. The van der Waals surface area contributed by atoms with Crippen LogP contribution in [0.25, 0.3) is 10.8 Å². The summed E-state index contributed by atoms with van der Waals surface area (Å²) in [7, 11) is 1.70. The monoisotopic (exact) mass is 355 g/mol. The number of Topliss-reactive ketones (excluding diaryl/α,β-unsaturated/α-hetero) is 1. The van der Waals surface area contributed by atoms with Crippen molar-refractivity contribution in [2.45, 2.75) is 25.2 Å². The minimum Gasteiger partial charge on any atom is -0.496 e. The summed E-state index contributed by atoms with van der Waals surface area (Å²) in [4.78, 5) is 13.0. The molecule has 1 aliphatic carbocycles. The maximum Gasteiger partial charge on any atom is 0.161 e. The maximum absolute atomic E-state index is 13.0. The molecule has 3 aromatic carbocycles. The van der Waals surface area contributed by atoms with E-state index in [2.05, 4.69) is 47.8 Å². The molecule has 0 amide bonds. The number of hydrogen-bond donors (Lipinski definition) is 1. The fraction of sp³-hybridized carbons (Fsp3) is 0.208. The molecule has 0 saturated heterocycles. The zero-order valence-electron chi connectivity index (χ0n) is 15.3. The molecule has 0 aromatic heterocycles. The van der Waals surface area contributed by atoms with E-state index in [1.54, 1.807) is 7.11 Å². The Hall–Kier alpha value is -3.07. The van der Waals surface area contributed by atoms with Crippen molar-refractivity contribution in [3.63, 3.8) is 0 Å². The van der Waals surface area contributed by atoms with Gasteiger partial charge in [-0.05, 0) is 41.3 Å². The van der Waals surface area contributed by atoms with Crippen LogP contribution in [-0.4, -0.2) is 12.9 Å². The highest BCUT2D eigenvalue weighted by molar-refractivity contribution is 6.04. The number of benzene rings is 3. The number of carbonyl (C=O) groups excluding carboxylic acids is 1. The van der Waals surface area contributed by atoms with E-state index in [-0.39, 0.29) is 11.7 Å². The summed E-state index contributed by atoms with van der Waals surface area (Å²) in [6.45, 7) is 0. The molecule has 1 aliphatic heterocycles. The van der Waals surface area contributed by atoms with Crippen LogP contribution in [0.4, 0.5) is 5.69 Å². The average molecular weight is 355 g/mol. The van der Waals surface area contributed by atoms with Gasteiger partial charge in [0.15, 0.2) is 5.78 Å². The number of fused-ring (bicyclic) bond motifs is 3. The molecule has 5 rings (SSSR count). The van der Waals surface area contributed by atoms with Gasteiger partial charge in [-0.2, -0.15) is 0 Å². The fourth-order valence-corrected chi connectivity index (χ4v) is 4.57. The number of hydrogen-bond acceptors (Lipinski definition) is 3. The molecule has 0 fully saturated rings. The summed E-state index contributed by atoms with van der Waals surface area (Å²) in [6, 6.07) is 20.8. The number of ether oxygens (including phenoxy) is 1. The Balaban J connectivity index is 1.86. The number of anilines is 1. The number of carbonyl (C=O) groups is 1. The van der Waals surface area contributed by atoms with Crippen LogP contribution in [0.15, 0.2) is 71.9 Å². The molecule has 27 heavy (non-hydrogen) atoms. The molecule has 1 N–H and O–H groups in total. The van der Waals surface area contributed by atoms with Crippen molar-refractivity contribution < 1.29 is 9.53 Å². The molecule has 0 spiro atoms. The maximum atomic E-state index is 13.0. The molecular formula is C24H21NO2. The number of rotatable bonds is 2. The van der Waals surface area contributed by atoms with Crippen molar-refractivity contribution in [1.82, 2.24) is 0 Å². The standard InChI is InChI=1S/C24H21NO2/c1-27-21-12-5-4-9-17(21)23-22-16-8-3-2-7-15(16)13-14-19(22)25-18-10-6-11-20(26)24(18)23/h2-5,7-9,12-14,23,25H,6,10-11H2,1H3/t23-/m0/s1. The van der Waals surface area contributed by atoms with Crippen molar-refractivity contribution in [3.05, 3.63) is 83.1 Å². The highest BCUT2D eigenvalue weighted by atomic mass is 16.5. The first kappa shape index (κ1) is 16.1. The molecule has 0 bridgehead atoms. The lowest BCUT2D eigenvalue weighted by Gasteiger charge is -2.35. The van der Waals surface area contributed by atoms with Crippen LogP contribution in [0.1, 0.15) is 36.3 Å². The van der Waals surface area contributed by atoms with E-state index in [0.717, 1.165) is 41.1 Å². The molecule has 1 atom stereocenters. The molecule has 0 saturated carbocycles. The van der Waals surface area contributed by atoms with Crippen molar-refractivity contribution in [2.24, 2.45) is 0 Å². The Kier molecular flexibility index (Phi) is 3.75. The van der Waals surface area contributed by atoms with Crippen LogP contribution in [0.3, 0.4) is 0 Å². The summed E-state index contributed by atoms with van der Waals surface area (Å²) in [5, 5.41) is 5.95. The van der Waals surface area contributed by atoms with Gasteiger partial charge < -0.3 is 10.1 Å². The van der Waals surface area contributed by atoms with Gasteiger partial charge in [-0.1, -0.05) is 48.5 Å². The summed E-state index contributed by atoms with van der Waals surface area (Å²) >= 11 is 0. The zero-order chi connectivity index (χ0) is 18.4. The molecular weight excluding hydrogens is 334 g/mol. The van der Waals surface area contributed by atoms with E-state index in [1.807, 2.05) is 18.2 Å². The van der Waals surface area contributed by atoms with E-state index in [9.17, 15) is 4.79 Å². The van der Waals surface area contributed by atoms with Gasteiger partial charge in [0.05, 0.1) is 7.11 Å². The van der Waals surface area contributed by atoms with Crippen LogP contribution < -0.4 is 10.1 Å². The minimum absolute atomic E-state index is 0.105. The highest BCUT2D eigenvalue weighted by Gasteiger charge is 2.37. The molecule has 0 unspecified atom stereocenters. The predicted octanol–water partition coefficient (Wildman–Crippen LogP) is 5.41. The van der Waals surface area contributed by atoms with Crippen molar-refractivity contribution in [3.8, 4) is 5.75 Å². The third-order valence-electron chi connectivity index (χ3n) is 5.74. The number of methoxy groups -OCH3 is 1. The third kappa shape index (κ3) is 2.46. The summed E-state index contributed by atoms with van der Waals surface area (Å²) < 4.78 is 5.69. The van der Waals surface area contributed by atoms with Gasteiger partial charge >= 0.3 is 0 Å². The molecule has 134 valence electrons. The van der Waals surface area contributed by atoms with Crippen molar-refractivity contribution in [2.75, 3.05) is 12.4 Å². The zero-order valence-corrected chi connectivity index (χ0v) is 15.3. The Bertz CT molecular complexity index is 1100. The van der Waals surface area contributed by atoms with Gasteiger partial charge in [0.2, 0.25) is 0 Å². The lowest BCUT2D eigenvalue weighted by Crippen LogP contribution is -2.27. The summed E-state index contributed by atoms with van der Waals surface area (Å²) in [5.41, 5.74) is 5.31. The largest absolute Gasteiger partial charge is 0.496 e. The summed E-state index contributed by atoms with van der Waals surface area (Å²) in [5.74, 6) is 0.970. The molecule has 2 aliphatic rings.